The molecule has 2 aliphatic rings. The average molecular weight is 1080 g/mol. The molecule has 2 heterocycles. The fourth-order valence-electron chi connectivity index (χ4n) is 9.32. The van der Waals surface area contributed by atoms with Gasteiger partial charge in [0, 0.05) is 47.6 Å². The van der Waals surface area contributed by atoms with Crippen LogP contribution in [-0.2, 0) is 81.4 Å². The summed E-state index contributed by atoms with van der Waals surface area (Å²) >= 11 is 0. The van der Waals surface area contributed by atoms with Crippen molar-refractivity contribution < 1.29 is 71.9 Å². The van der Waals surface area contributed by atoms with Gasteiger partial charge < -0.3 is 53.3 Å². The van der Waals surface area contributed by atoms with E-state index in [0.29, 0.717) is 16.7 Å². The molecule has 5 amide bonds. The van der Waals surface area contributed by atoms with E-state index in [1.54, 1.807) is 54.6 Å². The van der Waals surface area contributed by atoms with Gasteiger partial charge in [-0.2, -0.15) is 0 Å². The lowest BCUT2D eigenvalue weighted by molar-refractivity contribution is -0.176. The molecule has 2 saturated heterocycles. The summed E-state index contributed by atoms with van der Waals surface area (Å²) in [5.41, 5.74) is 1.86. The highest BCUT2D eigenvalue weighted by molar-refractivity contribution is 5.94. The summed E-state index contributed by atoms with van der Waals surface area (Å²) < 4.78 is 29.1. The van der Waals surface area contributed by atoms with Crippen LogP contribution in [0.2, 0.25) is 0 Å². The molecular weight excluding hydrogens is 995 g/mol. The maximum Gasteiger partial charge on any atom is 0.410 e. The molecule has 2 aliphatic heterocycles. The molecule has 77 heavy (non-hydrogen) atoms. The third-order valence-corrected chi connectivity index (χ3v) is 13.7. The van der Waals surface area contributed by atoms with Crippen LogP contribution in [0.4, 0.5) is 4.79 Å². The van der Waals surface area contributed by atoms with Crippen molar-refractivity contribution in [2.24, 2.45) is 23.7 Å². The number of carbonyl (C=O) groups excluding carboxylic acids is 9. The second-order valence-electron chi connectivity index (χ2n) is 22.2. The maximum atomic E-state index is 14.9. The lowest BCUT2D eigenvalue weighted by Crippen LogP contribution is -2.55. The summed E-state index contributed by atoms with van der Waals surface area (Å²) in [6.07, 6.45) is -7.35. The van der Waals surface area contributed by atoms with Crippen LogP contribution < -0.4 is 0 Å². The lowest BCUT2D eigenvalue weighted by Gasteiger charge is -2.35. The van der Waals surface area contributed by atoms with Crippen LogP contribution in [0.3, 0.4) is 0 Å². The van der Waals surface area contributed by atoms with Crippen molar-refractivity contribution in [1.82, 2.24) is 24.5 Å². The number of cyclic esters (lactones) is 5. The van der Waals surface area contributed by atoms with E-state index in [-0.39, 0.29) is 81.9 Å². The molecule has 2 aromatic carbocycles. The van der Waals surface area contributed by atoms with Gasteiger partial charge in [0.05, 0.1) is 13.2 Å². The Hall–Kier alpha value is -6.57. The zero-order valence-corrected chi connectivity index (χ0v) is 47.5. The number of carbonyl (C=O) groups is 9. The molecule has 426 valence electrons. The highest BCUT2D eigenvalue weighted by Gasteiger charge is 2.43. The second-order valence-corrected chi connectivity index (χ2v) is 22.2. The third-order valence-electron chi connectivity index (χ3n) is 13.7. The Kier molecular flexibility index (Phi) is 23.5. The van der Waals surface area contributed by atoms with E-state index in [0.717, 1.165) is 19.6 Å². The third kappa shape index (κ3) is 17.7. The van der Waals surface area contributed by atoms with E-state index in [1.165, 1.54) is 46.9 Å². The summed E-state index contributed by atoms with van der Waals surface area (Å²) in [6.45, 7) is 17.4. The van der Waals surface area contributed by atoms with Gasteiger partial charge in [-0.3, -0.25) is 19.2 Å². The quantitative estimate of drug-likeness (QED) is 0.183. The number of amides is 5. The molecule has 0 saturated carbocycles. The van der Waals surface area contributed by atoms with Crippen molar-refractivity contribution in [3.8, 4) is 0 Å². The van der Waals surface area contributed by atoms with Crippen molar-refractivity contribution in [2.75, 3.05) is 41.3 Å². The molecule has 0 spiro atoms. The van der Waals surface area contributed by atoms with Crippen LogP contribution in [0.15, 0.2) is 54.6 Å². The first-order chi connectivity index (χ1) is 36.1. The van der Waals surface area contributed by atoms with Gasteiger partial charge >= 0.3 is 30.0 Å². The summed E-state index contributed by atoms with van der Waals surface area (Å²) in [5.74, 6) is -7.64. The summed E-state index contributed by atoms with van der Waals surface area (Å²) in [6, 6.07) is 10.5. The molecule has 0 aromatic heterocycles. The molecule has 1 N–H and O–H groups in total. The van der Waals surface area contributed by atoms with Crippen molar-refractivity contribution in [1.29, 1.82) is 0 Å². The Balaban J connectivity index is 1.84. The Morgan fingerprint density at radius 2 is 0.779 bits per heavy atom. The molecule has 2 fully saturated rings. The fourth-order valence-corrected chi connectivity index (χ4v) is 9.32. The zero-order valence-electron chi connectivity index (χ0n) is 47.5. The van der Waals surface area contributed by atoms with E-state index in [4.69, 9.17) is 23.7 Å². The topological polar surface area (TPSA) is 236 Å². The number of likely N-dealkylation sites (N-methyl/N-ethyl adjacent to an activating group) is 4. The van der Waals surface area contributed by atoms with Gasteiger partial charge in [0.15, 0.2) is 24.4 Å². The molecule has 20 heteroatoms. The molecule has 0 bridgehead atoms. The Morgan fingerprint density at radius 3 is 1.12 bits per heavy atom. The predicted octanol–water partition coefficient (Wildman–Crippen LogP) is 4.98. The highest BCUT2D eigenvalue weighted by atomic mass is 16.6. The molecule has 0 radical (unpaired) electrons. The SMILES string of the molecule is CC(C)C[C@H]1C(=O)O[C@H](Cc2ccc(CN3CC(CO)OC3=O)cc2)C(=O)N(C)[C@@H](CC(C)C)C(=O)O[C@H](C)C(=O)N(C)[C@@H](CC(C)C)C(=O)O[C@H](Cc2ccccc2)C(=O)N(C)[C@@H](CC(C)C)C(=O)O[C@H](C)C(=O)N1C. The van der Waals surface area contributed by atoms with Crippen molar-refractivity contribution in [3.05, 3.63) is 71.3 Å². The van der Waals surface area contributed by atoms with E-state index in [1.807, 2.05) is 55.4 Å². The molecule has 2 aromatic rings. The first-order valence-electron chi connectivity index (χ1n) is 26.7. The van der Waals surface area contributed by atoms with E-state index in [2.05, 4.69) is 0 Å². The van der Waals surface area contributed by atoms with Gasteiger partial charge in [-0.1, -0.05) is 110 Å². The summed E-state index contributed by atoms with van der Waals surface area (Å²) in [7, 11) is 5.47. The molecule has 1 unspecified atom stereocenters. The van der Waals surface area contributed by atoms with Gasteiger partial charge in [0.1, 0.15) is 30.3 Å². The average Bonchev–Trinajstić information content (AvgIpc) is 3.74. The maximum absolute atomic E-state index is 14.9. The number of ether oxygens (including phenoxy) is 5. The number of rotatable bonds is 15. The van der Waals surface area contributed by atoms with Gasteiger partial charge in [0.25, 0.3) is 23.6 Å². The highest BCUT2D eigenvalue weighted by Crippen LogP contribution is 2.25. The Bertz CT molecular complexity index is 2340. The minimum Gasteiger partial charge on any atom is -0.451 e. The standard InChI is InChI=1S/C57H83N5O15/c1-33(2)24-43-53(68)73-38(10)50(65)59(12)46(27-36(7)8)56(71)77-48(29-40-20-22-41(23-21-40)30-62-31-42(32-63)75-57(62)72)52(67)61(14)44(25-34(3)4)54(69)74-37(9)49(64)58(11)45(26-35(5)6)55(70)76-47(51(66)60(43)13)28-39-18-16-15-17-19-39/h15-23,33-38,42-48,63H,24-32H2,1-14H3/t37-,38-,42?,43+,44+,45+,46+,47-,48-/m1/s1. The number of esters is 4. The van der Waals surface area contributed by atoms with E-state index >= 15 is 0 Å². The number of aliphatic hydroxyl groups excluding tert-OH is 1. The smallest absolute Gasteiger partial charge is 0.410 e. The minimum absolute atomic E-state index is 0.0543. The van der Waals surface area contributed by atoms with Crippen molar-refractivity contribution >= 4 is 53.6 Å². The number of hydrogen-bond donors (Lipinski definition) is 1. The number of hydrogen-bond acceptors (Lipinski definition) is 15. The minimum atomic E-state index is -1.60. The van der Waals surface area contributed by atoms with Crippen LogP contribution in [-0.4, -0.2) is 179 Å². The molecular formula is C57H83N5O15. The zero-order chi connectivity index (χ0) is 57.6. The van der Waals surface area contributed by atoms with Crippen LogP contribution in [0.5, 0.6) is 0 Å². The number of benzene rings is 2. The molecule has 20 nitrogen and oxygen atoms in total. The van der Waals surface area contributed by atoms with Gasteiger partial charge in [-0.15, -0.1) is 0 Å². The lowest BCUT2D eigenvalue weighted by atomic mass is 9.99. The van der Waals surface area contributed by atoms with E-state index in [9.17, 15) is 48.3 Å². The summed E-state index contributed by atoms with van der Waals surface area (Å²) in [4.78, 5) is 135. The normalized spacial score (nSPS) is 25.6. The predicted molar refractivity (Wildman–Crippen MR) is 283 cm³/mol. The van der Waals surface area contributed by atoms with Gasteiger partial charge in [0.2, 0.25) is 0 Å². The molecule has 0 aliphatic carbocycles. The first-order valence-corrected chi connectivity index (χ1v) is 26.7. The molecule has 9 atom stereocenters. The molecule has 4 rings (SSSR count). The van der Waals surface area contributed by atoms with Crippen molar-refractivity contribution in [3.63, 3.8) is 0 Å². The second kappa shape index (κ2) is 28.7. The van der Waals surface area contributed by atoms with E-state index < -0.39 is 108 Å². The van der Waals surface area contributed by atoms with Crippen LogP contribution in [0, 0.1) is 23.7 Å². The fraction of sp³-hybridized carbons (Fsp3) is 0.632. The van der Waals surface area contributed by atoms with Crippen LogP contribution in [0.25, 0.3) is 0 Å². The number of nitrogens with zero attached hydrogens (tertiary/aromatic N) is 5. The van der Waals surface area contributed by atoms with Crippen LogP contribution in [0.1, 0.15) is 112 Å². The largest absolute Gasteiger partial charge is 0.451 e. The van der Waals surface area contributed by atoms with Gasteiger partial charge in [-0.05, 0) is 79.9 Å². The van der Waals surface area contributed by atoms with Crippen molar-refractivity contribution in [2.45, 2.75) is 169 Å². The Labute approximate surface area is 454 Å². The Morgan fingerprint density at radius 1 is 0.455 bits per heavy atom. The number of aliphatic hydroxyl groups is 1. The van der Waals surface area contributed by atoms with Gasteiger partial charge in [-0.25, -0.2) is 24.0 Å². The summed E-state index contributed by atoms with van der Waals surface area (Å²) in [5, 5.41) is 9.51. The van der Waals surface area contributed by atoms with Crippen LogP contribution >= 0.6 is 0 Å². The monoisotopic (exact) mass is 1080 g/mol. The first kappa shape index (κ1) is 63.0.